The normalized spacial score (nSPS) is 16.4. The van der Waals surface area contributed by atoms with Gasteiger partial charge in [0.25, 0.3) is 0 Å². The first-order valence-electron chi connectivity index (χ1n) is 12.0. The molecule has 1 aliphatic heterocycles. The Balaban J connectivity index is 0.00000304. The highest BCUT2D eigenvalue weighted by atomic mass is 35.5. The van der Waals surface area contributed by atoms with Gasteiger partial charge in [-0.25, -0.2) is 27.8 Å². The Kier molecular flexibility index (Phi) is 8.44. The highest BCUT2D eigenvalue weighted by Crippen LogP contribution is 2.42. The van der Waals surface area contributed by atoms with Crippen LogP contribution >= 0.6 is 23.7 Å². The van der Waals surface area contributed by atoms with E-state index in [9.17, 15) is 8.42 Å². The second kappa shape index (κ2) is 11.4. The van der Waals surface area contributed by atoms with Crippen LogP contribution in [-0.2, 0) is 10.0 Å². The molecule has 2 aromatic heterocycles. The third-order valence-electron chi connectivity index (χ3n) is 6.12. The molecular weight excluding hydrogens is 523 g/mol. The molecule has 0 unspecified atom stereocenters. The number of sulfonamides is 1. The summed E-state index contributed by atoms with van der Waals surface area (Å²) < 4.78 is 42.7. The van der Waals surface area contributed by atoms with E-state index in [1.54, 1.807) is 25.3 Å². The number of aromatic nitrogens is 3. The van der Waals surface area contributed by atoms with Crippen molar-refractivity contribution >= 4 is 45.4 Å². The SMILES string of the molecule is CCCS(=O)(=O)Nc1cccc(-c2nc(C3CCNCC3)sc2-c2ccnc(NC3CC3)n2)c1F.Cl. The maximum absolute atomic E-state index is 15.7. The lowest BCUT2D eigenvalue weighted by Gasteiger charge is -2.20. The molecule has 1 saturated carbocycles. The third-order valence-corrected chi connectivity index (χ3v) is 8.84. The monoisotopic (exact) mass is 552 g/mol. The van der Waals surface area contributed by atoms with E-state index in [2.05, 4.69) is 20.3 Å². The van der Waals surface area contributed by atoms with Crippen LogP contribution in [0.15, 0.2) is 30.5 Å². The number of thiazole rings is 1. The summed E-state index contributed by atoms with van der Waals surface area (Å²) in [4.78, 5) is 14.7. The van der Waals surface area contributed by atoms with Gasteiger partial charge in [0.1, 0.15) is 0 Å². The Morgan fingerprint density at radius 2 is 1.92 bits per heavy atom. The molecule has 3 heterocycles. The van der Waals surface area contributed by atoms with Crippen LogP contribution in [0.5, 0.6) is 0 Å². The second-order valence-electron chi connectivity index (χ2n) is 9.03. The second-order valence-corrected chi connectivity index (χ2v) is 11.9. The average Bonchev–Trinajstić information content (AvgIpc) is 3.55. The molecule has 5 rings (SSSR count). The minimum atomic E-state index is -3.64. The van der Waals surface area contributed by atoms with Crippen LogP contribution in [0.3, 0.4) is 0 Å². The van der Waals surface area contributed by atoms with Crippen LogP contribution in [0.1, 0.15) is 50.0 Å². The van der Waals surface area contributed by atoms with Crippen molar-refractivity contribution in [3.63, 3.8) is 0 Å². The van der Waals surface area contributed by atoms with E-state index in [1.807, 2.05) is 6.07 Å². The van der Waals surface area contributed by atoms with Crippen molar-refractivity contribution in [1.82, 2.24) is 20.3 Å². The summed E-state index contributed by atoms with van der Waals surface area (Å²) in [6.45, 7) is 3.60. The van der Waals surface area contributed by atoms with Gasteiger partial charge in [0.2, 0.25) is 16.0 Å². The van der Waals surface area contributed by atoms with E-state index in [4.69, 9.17) is 9.97 Å². The van der Waals surface area contributed by atoms with E-state index in [-0.39, 0.29) is 35.3 Å². The molecule has 2 fully saturated rings. The predicted octanol–water partition coefficient (Wildman–Crippen LogP) is 5.02. The summed E-state index contributed by atoms with van der Waals surface area (Å²) in [7, 11) is -3.64. The molecule has 0 spiro atoms. The number of nitrogens with zero attached hydrogens (tertiary/aromatic N) is 3. The molecule has 194 valence electrons. The molecule has 0 atom stereocenters. The first kappa shape index (κ1) is 26.7. The average molecular weight is 553 g/mol. The first-order chi connectivity index (χ1) is 16.9. The van der Waals surface area contributed by atoms with Crippen LogP contribution in [-0.4, -0.2) is 48.3 Å². The largest absolute Gasteiger partial charge is 0.351 e. The fourth-order valence-corrected chi connectivity index (χ4v) is 6.53. The Hall–Kier alpha value is -2.34. The number of hydrogen-bond donors (Lipinski definition) is 3. The van der Waals surface area contributed by atoms with Crippen LogP contribution in [0, 0.1) is 5.82 Å². The van der Waals surface area contributed by atoms with E-state index in [1.165, 1.54) is 17.4 Å². The number of benzene rings is 1. The van der Waals surface area contributed by atoms with Gasteiger partial charge in [-0.05, 0) is 63.4 Å². The quantitative estimate of drug-likeness (QED) is 0.342. The molecule has 1 aliphatic carbocycles. The third kappa shape index (κ3) is 6.13. The Morgan fingerprint density at radius 3 is 2.64 bits per heavy atom. The smallest absolute Gasteiger partial charge is 0.232 e. The zero-order chi connectivity index (χ0) is 24.4. The molecule has 12 heteroatoms. The lowest BCUT2D eigenvalue weighted by atomic mass is 9.99. The Labute approximate surface area is 221 Å². The van der Waals surface area contributed by atoms with Gasteiger partial charge in [-0.2, -0.15) is 0 Å². The van der Waals surface area contributed by atoms with Crippen LogP contribution in [0.25, 0.3) is 21.8 Å². The van der Waals surface area contributed by atoms with Gasteiger partial charge in [-0.1, -0.05) is 13.0 Å². The van der Waals surface area contributed by atoms with Crippen molar-refractivity contribution in [2.24, 2.45) is 0 Å². The standard InChI is InChI=1S/C24H29FN6O2S2.ClH/c1-2-14-35(32,33)31-18-5-3-4-17(20(18)25)21-22(34-23(30-21)15-8-11-26-12-9-15)19-10-13-27-24(29-19)28-16-6-7-16;/h3-5,10,13,15-16,26,31H,2,6-9,11-12,14H2,1H3,(H,27,28,29);1H. The minimum Gasteiger partial charge on any atom is -0.351 e. The molecule has 3 aromatic rings. The van der Waals surface area contributed by atoms with Crippen molar-refractivity contribution in [1.29, 1.82) is 0 Å². The maximum Gasteiger partial charge on any atom is 0.232 e. The van der Waals surface area contributed by atoms with Crippen LogP contribution in [0.4, 0.5) is 16.0 Å². The maximum atomic E-state index is 15.7. The summed E-state index contributed by atoms with van der Waals surface area (Å²) >= 11 is 1.53. The van der Waals surface area contributed by atoms with E-state index < -0.39 is 15.8 Å². The van der Waals surface area contributed by atoms with Gasteiger partial charge < -0.3 is 10.6 Å². The topological polar surface area (TPSA) is 109 Å². The molecule has 2 aliphatic rings. The molecule has 1 aromatic carbocycles. The van der Waals surface area contributed by atoms with Crippen LogP contribution < -0.4 is 15.4 Å². The van der Waals surface area contributed by atoms with Crippen molar-refractivity contribution in [2.45, 2.75) is 51.0 Å². The summed E-state index contributed by atoms with van der Waals surface area (Å²) in [5, 5.41) is 7.64. The summed E-state index contributed by atoms with van der Waals surface area (Å²) in [5.41, 5.74) is 1.33. The Morgan fingerprint density at radius 1 is 1.14 bits per heavy atom. The highest BCUT2D eigenvalue weighted by molar-refractivity contribution is 7.92. The molecule has 1 saturated heterocycles. The molecule has 0 radical (unpaired) electrons. The van der Waals surface area contributed by atoms with Crippen molar-refractivity contribution < 1.29 is 12.8 Å². The van der Waals surface area contributed by atoms with Gasteiger partial charge >= 0.3 is 0 Å². The number of anilines is 2. The zero-order valence-corrected chi connectivity index (χ0v) is 22.4. The molecule has 8 nitrogen and oxygen atoms in total. The molecule has 0 bridgehead atoms. The zero-order valence-electron chi connectivity index (χ0n) is 20.0. The van der Waals surface area contributed by atoms with E-state index in [0.717, 1.165) is 48.7 Å². The van der Waals surface area contributed by atoms with Crippen molar-refractivity contribution in [3.8, 4) is 21.8 Å². The van der Waals surface area contributed by atoms with Gasteiger partial charge in [-0.3, -0.25) is 4.72 Å². The fraction of sp³-hybridized carbons (Fsp3) is 0.458. The van der Waals surface area contributed by atoms with Crippen molar-refractivity contribution in [3.05, 3.63) is 41.3 Å². The summed E-state index contributed by atoms with van der Waals surface area (Å²) in [5.74, 6) is 0.125. The lowest BCUT2D eigenvalue weighted by molar-refractivity contribution is 0.459. The van der Waals surface area contributed by atoms with Gasteiger partial charge in [0.15, 0.2) is 5.82 Å². The fourth-order valence-electron chi connectivity index (χ4n) is 4.18. The number of nitrogens with one attached hydrogen (secondary N) is 3. The van der Waals surface area contributed by atoms with Crippen LogP contribution in [0.2, 0.25) is 0 Å². The number of rotatable bonds is 9. The first-order valence-corrected chi connectivity index (χ1v) is 14.5. The van der Waals surface area contributed by atoms with Crippen molar-refractivity contribution in [2.75, 3.05) is 28.9 Å². The highest BCUT2D eigenvalue weighted by Gasteiger charge is 2.27. The molecule has 0 amide bonds. The minimum absolute atomic E-state index is 0. The summed E-state index contributed by atoms with van der Waals surface area (Å²) in [6, 6.07) is 6.95. The van der Waals surface area contributed by atoms with Gasteiger partial charge in [-0.15, -0.1) is 23.7 Å². The lowest BCUT2D eigenvalue weighted by Crippen LogP contribution is -2.26. The van der Waals surface area contributed by atoms with Gasteiger partial charge in [0.05, 0.1) is 32.7 Å². The number of hydrogen-bond acceptors (Lipinski definition) is 8. The number of piperidine rings is 1. The van der Waals surface area contributed by atoms with E-state index >= 15 is 4.39 Å². The van der Waals surface area contributed by atoms with Gasteiger partial charge in [0, 0.05) is 23.7 Å². The molecule has 3 N–H and O–H groups in total. The summed E-state index contributed by atoms with van der Waals surface area (Å²) in [6.07, 6.45) is 6.27. The molecule has 36 heavy (non-hydrogen) atoms. The van der Waals surface area contributed by atoms with E-state index in [0.29, 0.717) is 29.8 Å². The molecular formula is C24H30ClFN6O2S2. The predicted molar refractivity (Wildman–Crippen MR) is 145 cm³/mol. The number of halogens is 2. The Bertz CT molecular complexity index is 1310.